The topological polar surface area (TPSA) is 72.8 Å². The van der Waals surface area contributed by atoms with E-state index in [2.05, 4.69) is 11.3 Å². The molecule has 22 heavy (non-hydrogen) atoms. The first-order valence-corrected chi connectivity index (χ1v) is 6.74. The second kappa shape index (κ2) is 7.38. The second-order valence-corrected chi connectivity index (χ2v) is 4.61. The molecule has 5 nitrogen and oxygen atoms in total. The molecule has 0 saturated heterocycles. The third-order valence-corrected chi connectivity index (χ3v) is 3.00. The van der Waals surface area contributed by atoms with Crippen LogP contribution < -0.4 is 0 Å². The third kappa shape index (κ3) is 3.93. The van der Waals surface area contributed by atoms with Crippen LogP contribution in [-0.4, -0.2) is 36.4 Å². The number of hydrogen-bond acceptors (Lipinski definition) is 5. The molecule has 0 fully saturated rings. The molecule has 0 aliphatic rings. The fourth-order valence-electron chi connectivity index (χ4n) is 1.94. The quantitative estimate of drug-likeness (QED) is 0.653. The van der Waals surface area contributed by atoms with Crippen molar-refractivity contribution in [3.8, 4) is 0 Å². The smallest absolute Gasteiger partial charge is 0.338 e. The van der Waals surface area contributed by atoms with E-state index < -0.39 is 18.0 Å². The summed E-state index contributed by atoms with van der Waals surface area (Å²) >= 11 is 0. The first kappa shape index (κ1) is 15.7. The maximum absolute atomic E-state index is 12.1. The normalized spacial score (nSPS) is 11.7. The van der Waals surface area contributed by atoms with E-state index in [1.165, 1.54) is 0 Å². The predicted molar refractivity (Wildman–Crippen MR) is 81.4 cm³/mol. The lowest BCUT2D eigenvalue weighted by molar-refractivity contribution is -0.141. The zero-order valence-corrected chi connectivity index (χ0v) is 11.9. The molecule has 2 aromatic rings. The van der Waals surface area contributed by atoms with Gasteiger partial charge in [-0.05, 0) is 16.8 Å². The highest BCUT2D eigenvalue weighted by molar-refractivity contribution is 6.04. The summed E-state index contributed by atoms with van der Waals surface area (Å²) in [7, 11) is 0. The summed E-state index contributed by atoms with van der Waals surface area (Å²) in [5.41, 5.74) is 0.424. The van der Waals surface area contributed by atoms with Crippen molar-refractivity contribution in [3.63, 3.8) is 0 Å². The van der Waals surface area contributed by atoms with E-state index in [4.69, 9.17) is 4.74 Å². The maximum atomic E-state index is 12.1. The Hall–Kier alpha value is -2.66. The Morgan fingerprint density at radius 2 is 1.77 bits per heavy atom. The van der Waals surface area contributed by atoms with Crippen LogP contribution in [0.4, 0.5) is 0 Å². The molecule has 0 aliphatic carbocycles. The van der Waals surface area contributed by atoms with Gasteiger partial charge in [0.2, 0.25) is 0 Å². The average molecular weight is 300 g/mol. The van der Waals surface area contributed by atoms with Gasteiger partial charge in [-0.1, -0.05) is 43.0 Å². The van der Waals surface area contributed by atoms with Crippen molar-refractivity contribution in [3.05, 3.63) is 60.7 Å². The highest BCUT2D eigenvalue weighted by atomic mass is 16.6. The summed E-state index contributed by atoms with van der Waals surface area (Å²) in [5, 5.41) is 11.3. The predicted octanol–water partition coefficient (Wildman–Crippen LogP) is 2.09. The van der Waals surface area contributed by atoms with Crippen molar-refractivity contribution in [2.24, 2.45) is 0 Å². The van der Waals surface area contributed by atoms with Crippen molar-refractivity contribution >= 4 is 22.7 Å². The Kier molecular flexibility index (Phi) is 5.27. The lowest BCUT2D eigenvalue weighted by atomic mass is 10.1. The van der Waals surface area contributed by atoms with Crippen LogP contribution >= 0.6 is 0 Å². The van der Waals surface area contributed by atoms with Crippen LogP contribution in [-0.2, 0) is 14.3 Å². The number of esters is 2. The zero-order valence-electron chi connectivity index (χ0n) is 11.9. The molecule has 0 bridgehead atoms. The number of carbonyl (C=O) groups is 2. The van der Waals surface area contributed by atoms with Gasteiger partial charge in [0.05, 0.1) is 5.56 Å². The molecule has 0 aromatic heterocycles. The highest BCUT2D eigenvalue weighted by Crippen LogP contribution is 2.19. The van der Waals surface area contributed by atoms with E-state index in [0.29, 0.717) is 5.56 Å². The molecule has 1 unspecified atom stereocenters. The molecule has 0 aliphatic heterocycles. The average Bonchev–Trinajstić information content (AvgIpc) is 2.56. The van der Waals surface area contributed by atoms with Crippen LogP contribution in [0, 0.1) is 0 Å². The molecule has 114 valence electrons. The van der Waals surface area contributed by atoms with Crippen LogP contribution in [0.2, 0.25) is 0 Å². The minimum atomic E-state index is -1.08. The first-order chi connectivity index (χ1) is 10.6. The molecule has 0 amide bonds. The minimum absolute atomic E-state index is 0.256. The Morgan fingerprint density at radius 1 is 1.09 bits per heavy atom. The van der Waals surface area contributed by atoms with E-state index in [1.807, 2.05) is 30.3 Å². The Bertz CT molecular complexity index is 687. The Labute approximate surface area is 127 Å². The Balaban J connectivity index is 1.97. The van der Waals surface area contributed by atoms with E-state index in [-0.39, 0.29) is 13.2 Å². The number of carbonyl (C=O) groups excluding carboxylic acids is 2. The van der Waals surface area contributed by atoms with Gasteiger partial charge < -0.3 is 14.6 Å². The molecule has 0 heterocycles. The van der Waals surface area contributed by atoms with Crippen molar-refractivity contribution in [2.45, 2.75) is 6.10 Å². The van der Waals surface area contributed by atoms with Gasteiger partial charge in [0, 0.05) is 6.08 Å². The molecule has 0 spiro atoms. The van der Waals surface area contributed by atoms with Gasteiger partial charge in [-0.15, -0.1) is 0 Å². The van der Waals surface area contributed by atoms with Gasteiger partial charge in [0.25, 0.3) is 0 Å². The molecule has 1 N–H and O–H groups in total. The molecular formula is C17H16O5. The number of ether oxygens (including phenoxy) is 2. The number of fused-ring (bicyclic) bond motifs is 1. The van der Waals surface area contributed by atoms with Gasteiger partial charge in [-0.3, -0.25) is 0 Å². The molecule has 0 radical (unpaired) electrons. The van der Waals surface area contributed by atoms with Gasteiger partial charge in [-0.2, -0.15) is 0 Å². The summed E-state index contributed by atoms with van der Waals surface area (Å²) in [5.74, 6) is -1.18. The van der Waals surface area contributed by atoms with Crippen LogP contribution in [0.1, 0.15) is 10.4 Å². The maximum Gasteiger partial charge on any atom is 0.338 e. The number of benzene rings is 2. The summed E-state index contributed by atoms with van der Waals surface area (Å²) in [6.45, 7) is 2.73. The van der Waals surface area contributed by atoms with Crippen LogP contribution in [0.5, 0.6) is 0 Å². The first-order valence-electron chi connectivity index (χ1n) is 6.74. The highest BCUT2D eigenvalue weighted by Gasteiger charge is 2.14. The SMILES string of the molecule is C=CC(=O)OCC(O)COC(=O)c1cccc2ccccc12. The third-order valence-electron chi connectivity index (χ3n) is 3.00. The molecule has 5 heteroatoms. The molecule has 2 aromatic carbocycles. The summed E-state index contributed by atoms with van der Waals surface area (Å²) in [6, 6.07) is 12.8. The van der Waals surface area contributed by atoms with Crippen molar-refractivity contribution in [2.75, 3.05) is 13.2 Å². The fourth-order valence-corrected chi connectivity index (χ4v) is 1.94. The monoisotopic (exact) mass is 300 g/mol. The van der Waals surface area contributed by atoms with Crippen LogP contribution in [0.3, 0.4) is 0 Å². The van der Waals surface area contributed by atoms with Crippen molar-refractivity contribution < 1.29 is 24.2 Å². The Morgan fingerprint density at radius 3 is 2.55 bits per heavy atom. The van der Waals surface area contributed by atoms with Gasteiger partial charge in [0.1, 0.15) is 19.3 Å². The molecular weight excluding hydrogens is 284 g/mol. The van der Waals surface area contributed by atoms with E-state index in [9.17, 15) is 14.7 Å². The van der Waals surface area contributed by atoms with Gasteiger partial charge in [-0.25, -0.2) is 9.59 Å². The summed E-state index contributed by atoms with van der Waals surface area (Å²) < 4.78 is 9.72. The fraction of sp³-hybridized carbons (Fsp3) is 0.176. The van der Waals surface area contributed by atoms with E-state index in [0.717, 1.165) is 16.8 Å². The van der Waals surface area contributed by atoms with E-state index in [1.54, 1.807) is 12.1 Å². The number of aliphatic hydroxyl groups is 1. The number of hydrogen-bond donors (Lipinski definition) is 1. The molecule has 1 atom stereocenters. The van der Waals surface area contributed by atoms with Gasteiger partial charge in [0.15, 0.2) is 0 Å². The zero-order chi connectivity index (χ0) is 15.9. The number of rotatable bonds is 6. The van der Waals surface area contributed by atoms with Crippen molar-refractivity contribution in [1.29, 1.82) is 0 Å². The lowest BCUT2D eigenvalue weighted by Crippen LogP contribution is -2.25. The standard InChI is InChI=1S/C17H16O5/c1-2-16(19)21-10-13(18)11-22-17(20)15-9-5-7-12-6-3-4-8-14(12)15/h2-9,13,18H,1,10-11H2. The minimum Gasteiger partial charge on any atom is -0.460 e. The second-order valence-electron chi connectivity index (χ2n) is 4.61. The molecule has 2 rings (SSSR count). The van der Waals surface area contributed by atoms with Crippen LogP contribution in [0.25, 0.3) is 10.8 Å². The van der Waals surface area contributed by atoms with Crippen LogP contribution in [0.15, 0.2) is 55.1 Å². The van der Waals surface area contributed by atoms with Gasteiger partial charge >= 0.3 is 11.9 Å². The summed E-state index contributed by atoms with van der Waals surface area (Å²) in [6.07, 6.45) is -0.0858. The number of aliphatic hydroxyl groups excluding tert-OH is 1. The van der Waals surface area contributed by atoms with E-state index >= 15 is 0 Å². The largest absolute Gasteiger partial charge is 0.460 e. The lowest BCUT2D eigenvalue weighted by Gasteiger charge is -2.12. The summed E-state index contributed by atoms with van der Waals surface area (Å²) in [4.78, 5) is 23.0. The molecule has 0 saturated carbocycles. The van der Waals surface area contributed by atoms with Crippen molar-refractivity contribution in [1.82, 2.24) is 0 Å².